The average Bonchev–Trinajstić information content (AvgIpc) is 2.57. The SMILES string of the molecule is CCOC(=O)[C@H]1C[C@@H](C(=O)OCC)C(=O)C1=O. The highest BCUT2D eigenvalue weighted by atomic mass is 16.5. The summed E-state index contributed by atoms with van der Waals surface area (Å²) in [7, 11) is 0. The molecule has 17 heavy (non-hydrogen) atoms. The fourth-order valence-corrected chi connectivity index (χ4v) is 1.69. The molecular weight excluding hydrogens is 228 g/mol. The van der Waals surface area contributed by atoms with Gasteiger partial charge in [-0.05, 0) is 20.3 Å². The van der Waals surface area contributed by atoms with Gasteiger partial charge in [0.15, 0.2) is 0 Å². The quantitative estimate of drug-likeness (QED) is 0.388. The van der Waals surface area contributed by atoms with Gasteiger partial charge in [-0.25, -0.2) is 0 Å². The standard InChI is InChI=1S/C11H14O6/c1-3-16-10(14)6-5-7(9(13)8(6)12)11(15)17-4-2/h6-7H,3-5H2,1-2H3/t6-,7+. The van der Waals surface area contributed by atoms with Crippen molar-refractivity contribution in [3.05, 3.63) is 0 Å². The van der Waals surface area contributed by atoms with Crippen LogP contribution < -0.4 is 0 Å². The lowest BCUT2D eigenvalue weighted by molar-refractivity contribution is -0.153. The zero-order valence-electron chi connectivity index (χ0n) is 9.73. The second-order valence-corrected chi connectivity index (χ2v) is 3.57. The summed E-state index contributed by atoms with van der Waals surface area (Å²) in [5.41, 5.74) is 0. The van der Waals surface area contributed by atoms with E-state index in [-0.39, 0.29) is 19.6 Å². The van der Waals surface area contributed by atoms with Crippen LogP contribution in [0, 0.1) is 11.8 Å². The van der Waals surface area contributed by atoms with Gasteiger partial charge in [0, 0.05) is 0 Å². The van der Waals surface area contributed by atoms with Crippen LogP contribution >= 0.6 is 0 Å². The molecule has 2 atom stereocenters. The minimum Gasteiger partial charge on any atom is -0.465 e. The molecule has 0 aromatic heterocycles. The Morgan fingerprint density at radius 3 is 1.65 bits per heavy atom. The molecule has 1 aliphatic carbocycles. The summed E-state index contributed by atoms with van der Waals surface area (Å²) in [5.74, 6) is -5.54. The van der Waals surface area contributed by atoms with Gasteiger partial charge < -0.3 is 9.47 Å². The molecule has 1 aliphatic rings. The van der Waals surface area contributed by atoms with E-state index in [2.05, 4.69) is 9.47 Å². The Morgan fingerprint density at radius 1 is 1.00 bits per heavy atom. The Labute approximate surface area is 98.3 Å². The molecule has 0 heterocycles. The highest BCUT2D eigenvalue weighted by Gasteiger charge is 2.49. The number of esters is 2. The zero-order chi connectivity index (χ0) is 13.0. The van der Waals surface area contributed by atoms with Crippen molar-refractivity contribution in [1.29, 1.82) is 0 Å². The zero-order valence-corrected chi connectivity index (χ0v) is 9.73. The highest BCUT2D eigenvalue weighted by molar-refractivity contribution is 6.46. The van der Waals surface area contributed by atoms with Crippen LogP contribution in [0.25, 0.3) is 0 Å². The third kappa shape index (κ3) is 2.69. The van der Waals surface area contributed by atoms with Crippen LogP contribution in [0.1, 0.15) is 20.3 Å². The molecule has 1 saturated carbocycles. The van der Waals surface area contributed by atoms with Gasteiger partial charge in [-0.1, -0.05) is 0 Å². The van der Waals surface area contributed by atoms with E-state index in [9.17, 15) is 19.2 Å². The van der Waals surface area contributed by atoms with Gasteiger partial charge in [0.1, 0.15) is 11.8 Å². The molecule has 0 saturated heterocycles. The van der Waals surface area contributed by atoms with Gasteiger partial charge in [0.05, 0.1) is 13.2 Å². The maximum atomic E-state index is 11.5. The van der Waals surface area contributed by atoms with Crippen LogP contribution in [0.5, 0.6) is 0 Å². The van der Waals surface area contributed by atoms with Crippen LogP contribution in [0.15, 0.2) is 0 Å². The summed E-state index contributed by atoms with van der Waals surface area (Å²) in [6.07, 6.45) is -0.144. The molecular formula is C11H14O6. The van der Waals surface area contributed by atoms with Gasteiger partial charge in [0.25, 0.3) is 0 Å². The second kappa shape index (κ2) is 5.56. The Balaban J connectivity index is 2.75. The molecule has 0 aliphatic heterocycles. The highest BCUT2D eigenvalue weighted by Crippen LogP contribution is 2.27. The van der Waals surface area contributed by atoms with Crippen LogP contribution in [0.2, 0.25) is 0 Å². The number of Topliss-reactive ketones (excluding diaryl/α,β-unsaturated/α-hetero) is 2. The molecule has 6 nitrogen and oxygen atoms in total. The Kier molecular flexibility index (Phi) is 4.37. The number of ketones is 2. The predicted molar refractivity (Wildman–Crippen MR) is 54.9 cm³/mol. The minimum absolute atomic E-state index is 0.126. The molecule has 0 amide bonds. The van der Waals surface area contributed by atoms with Crippen molar-refractivity contribution in [3.63, 3.8) is 0 Å². The van der Waals surface area contributed by atoms with E-state index in [0.29, 0.717) is 0 Å². The molecule has 0 N–H and O–H groups in total. The summed E-state index contributed by atoms with van der Waals surface area (Å²) in [5, 5.41) is 0. The number of hydrogen-bond donors (Lipinski definition) is 0. The van der Waals surface area contributed by atoms with E-state index >= 15 is 0 Å². The summed E-state index contributed by atoms with van der Waals surface area (Å²) in [4.78, 5) is 45.7. The molecule has 6 heteroatoms. The van der Waals surface area contributed by atoms with E-state index in [1.165, 1.54) is 0 Å². The van der Waals surface area contributed by atoms with Crippen molar-refractivity contribution in [2.75, 3.05) is 13.2 Å². The Hall–Kier alpha value is -1.72. The first-order chi connectivity index (χ1) is 8.02. The van der Waals surface area contributed by atoms with E-state index in [4.69, 9.17) is 0 Å². The second-order valence-electron chi connectivity index (χ2n) is 3.57. The van der Waals surface area contributed by atoms with Crippen molar-refractivity contribution >= 4 is 23.5 Å². The lowest BCUT2D eigenvalue weighted by Gasteiger charge is -2.07. The number of ether oxygens (including phenoxy) is 2. The smallest absolute Gasteiger partial charge is 0.317 e. The van der Waals surface area contributed by atoms with Gasteiger partial charge >= 0.3 is 11.9 Å². The van der Waals surface area contributed by atoms with Crippen LogP contribution in [0.4, 0.5) is 0 Å². The lowest BCUT2D eigenvalue weighted by Crippen LogP contribution is -2.25. The molecule has 0 bridgehead atoms. The molecule has 0 aromatic carbocycles. The third-order valence-electron chi connectivity index (χ3n) is 2.49. The number of carbonyl (C=O) groups is 4. The first kappa shape index (κ1) is 13.3. The van der Waals surface area contributed by atoms with Crippen LogP contribution in [0.3, 0.4) is 0 Å². The molecule has 1 rings (SSSR count). The maximum absolute atomic E-state index is 11.5. The topological polar surface area (TPSA) is 86.7 Å². The van der Waals surface area contributed by atoms with Crippen molar-refractivity contribution in [2.24, 2.45) is 11.8 Å². The van der Waals surface area contributed by atoms with E-state index in [1.54, 1.807) is 13.8 Å². The lowest BCUT2D eigenvalue weighted by atomic mass is 10.1. The fourth-order valence-electron chi connectivity index (χ4n) is 1.69. The van der Waals surface area contributed by atoms with Gasteiger partial charge in [0.2, 0.25) is 11.6 Å². The molecule has 0 aromatic rings. The van der Waals surface area contributed by atoms with Gasteiger partial charge in [-0.15, -0.1) is 0 Å². The van der Waals surface area contributed by atoms with Crippen molar-refractivity contribution in [3.8, 4) is 0 Å². The largest absolute Gasteiger partial charge is 0.465 e. The maximum Gasteiger partial charge on any atom is 0.317 e. The van der Waals surface area contributed by atoms with Crippen molar-refractivity contribution in [1.82, 2.24) is 0 Å². The summed E-state index contributed by atoms with van der Waals surface area (Å²) < 4.78 is 9.34. The number of carbonyl (C=O) groups excluding carboxylic acids is 4. The first-order valence-corrected chi connectivity index (χ1v) is 5.44. The fraction of sp³-hybridized carbons (Fsp3) is 0.636. The first-order valence-electron chi connectivity index (χ1n) is 5.44. The van der Waals surface area contributed by atoms with E-state index < -0.39 is 35.3 Å². The van der Waals surface area contributed by atoms with Gasteiger partial charge in [-0.2, -0.15) is 0 Å². The van der Waals surface area contributed by atoms with Crippen LogP contribution in [-0.4, -0.2) is 36.7 Å². The average molecular weight is 242 g/mol. The number of rotatable bonds is 4. The minimum atomic E-state index is -1.16. The summed E-state index contributed by atoms with van der Waals surface area (Å²) in [6.45, 7) is 3.45. The van der Waals surface area contributed by atoms with Crippen molar-refractivity contribution in [2.45, 2.75) is 20.3 Å². The molecule has 0 radical (unpaired) electrons. The molecule has 0 unspecified atom stereocenters. The summed E-state index contributed by atoms with van der Waals surface area (Å²) >= 11 is 0. The van der Waals surface area contributed by atoms with Gasteiger partial charge in [-0.3, -0.25) is 19.2 Å². The monoisotopic (exact) mass is 242 g/mol. The molecule has 1 fully saturated rings. The summed E-state index contributed by atoms with van der Waals surface area (Å²) in [6, 6.07) is 0. The van der Waals surface area contributed by atoms with Crippen LogP contribution in [-0.2, 0) is 28.7 Å². The Morgan fingerprint density at radius 2 is 1.35 bits per heavy atom. The van der Waals surface area contributed by atoms with Crippen molar-refractivity contribution < 1.29 is 28.7 Å². The normalized spacial score (nSPS) is 23.6. The Bertz CT molecular complexity index is 325. The van der Waals surface area contributed by atoms with E-state index in [0.717, 1.165) is 0 Å². The van der Waals surface area contributed by atoms with E-state index in [1.807, 2.05) is 0 Å². The predicted octanol–water partition coefficient (Wildman–Crippen LogP) is -0.113. The molecule has 0 spiro atoms. The third-order valence-corrected chi connectivity index (χ3v) is 2.49. The number of hydrogen-bond acceptors (Lipinski definition) is 6. The molecule has 94 valence electrons.